The predicted molar refractivity (Wildman–Crippen MR) is 29.3 cm³/mol. The zero-order valence-electron chi connectivity index (χ0n) is 4.25. The number of hydrogen-bond acceptors (Lipinski definition) is 4. The van der Waals surface area contributed by atoms with Crippen molar-refractivity contribution in [2.24, 2.45) is 0 Å². The molecule has 0 saturated heterocycles. The van der Waals surface area contributed by atoms with Crippen molar-refractivity contribution in [2.75, 3.05) is 0 Å². The van der Waals surface area contributed by atoms with Crippen LogP contribution in [-0.2, 0) is 0 Å². The monoisotopic (exact) mass is 126 g/mol. The maximum atomic E-state index is 10.2. The third-order valence-electron chi connectivity index (χ3n) is 0.930. The van der Waals surface area contributed by atoms with E-state index in [1.54, 1.807) is 0 Å². The smallest absolute Gasteiger partial charge is 0.276 e. The first-order valence-corrected chi connectivity index (χ1v) is 2.16. The van der Waals surface area contributed by atoms with E-state index in [9.17, 15) is 14.4 Å². The molecule has 0 radical (unpaired) electrons. The minimum absolute atomic E-state index is 0.616. The van der Waals surface area contributed by atoms with Gasteiger partial charge in [0.25, 0.3) is 10.9 Å². The van der Waals surface area contributed by atoms with Crippen molar-refractivity contribution >= 4 is 0 Å². The van der Waals surface area contributed by atoms with Gasteiger partial charge in [-0.25, -0.2) is 0 Å². The minimum atomic E-state index is -1.16. The number of aromatic hydroxyl groups is 1. The van der Waals surface area contributed by atoms with Crippen molar-refractivity contribution in [1.82, 2.24) is 0 Å². The van der Waals surface area contributed by atoms with Crippen LogP contribution in [0.3, 0.4) is 0 Å². The summed E-state index contributed by atoms with van der Waals surface area (Å²) < 4.78 is 0. The normalized spacial score (nSPS) is 9.78. The third-order valence-corrected chi connectivity index (χ3v) is 0.930. The molecule has 0 fully saturated rings. The van der Waals surface area contributed by atoms with E-state index in [1.807, 2.05) is 0 Å². The second-order valence-electron chi connectivity index (χ2n) is 1.55. The fourth-order valence-electron chi connectivity index (χ4n) is 0.483. The maximum absolute atomic E-state index is 10.2. The molecule has 0 aliphatic carbocycles. The quantitative estimate of drug-likeness (QED) is 0.422. The van der Waals surface area contributed by atoms with E-state index in [4.69, 9.17) is 5.11 Å². The van der Waals surface area contributed by atoms with Crippen LogP contribution in [0, 0.1) is 0 Å². The fraction of sp³-hybridized carbons (Fsp3) is 0. The molecule has 0 aliphatic heterocycles. The van der Waals surface area contributed by atoms with E-state index in [0.717, 1.165) is 0 Å². The molecule has 1 aromatic carbocycles. The molecule has 0 aromatic heterocycles. The van der Waals surface area contributed by atoms with Gasteiger partial charge in [0.2, 0.25) is 5.43 Å². The first-order valence-electron chi connectivity index (χ1n) is 2.16. The Labute approximate surface area is 48.7 Å². The molecule has 0 atom stereocenters. The van der Waals surface area contributed by atoms with E-state index in [2.05, 4.69) is 0 Å². The van der Waals surface area contributed by atoms with Crippen LogP contribution in [0.25, 0.3) is 0 Å². The molecule has 1 N–H and O–H groups in total. The second-order valence-corrected chi connectivity index (χ2v) is 1.55. The van der Waals surface area contributed by atoms with E-state index >= 15 is 0 Å². The summed E-state index contributed by atoms with van der Waals surface area (Å²) in [5.41, 5.74) is -3.22. The Bertz CT molecular complexity index is 355. The second kappa shape index (κ2) is 1.51. The largest absolute Gasteiger partial charge is 0.504 e. The molecule has 46 valence electrons. The highest BCUT2D eigenvalue weighted by molar-refractivity contribution is 5.21. The first kappa shape index (κ1) is 5.68. The van der Waals surface area contributed by atoms with Crippen LogP contribution in [-0.4, -0.2) is 5.11 Å². The summed E-state index contributed by atoms with van der Waals surface area (Å²) in [6, 6.07) is 0.616. The standard InChI is InChI=1S/C5H2O4/c6-2-1-3(7)5(9)4(2)8/h1,6H. The molecule has 4 heteroatoms. The van der Waals surface area contributed by atoms with E-state index in [-0.39, 0.29) is 0 Å². The average Bonchev–Trinajstić information content (AvgIpc) is 1.98. The van der Waals surface area contributed by atoms with Gasteiger partial charge in [0.1, 0.15) is 0 Å². The molecule has 0 amide bonds. The highest BCUT2D eigenvalue weighted by Gasteiger charge is 2.06. The van der Waals surface area contributed by atoms with Crippen LogP contribution >= 0.6 is 0 Å². The van der Waals surface area contributed by atoms with E-state index in [0.29, 0.717) is 6.07 Å². The third kappa shape index (κ3) is 0.641. The molecule has 0 unspecified atom stereocenters. The lowest BCUT2D eigenvalue weighted by Crippen LogP contribution is -2.28. The van der Waals surface area contributed by atoms with Crippen molar-refractivity contribution < 1.29 is 5.11 Å². The van der Waals surface area contributed by atoms with Crippen molar-refractivity contribution in [3.8, 4) is 5.75 Å². The lowest BCUT2D eigenvalue weighted by Gasteiger charge is -1.67. The van der Waals surface area contributed by atoms with Gasteiger partial charge in [0.05, 0.1) is 0 Å². The number of hydrogen-bond donors (Lipinski definition) is 1. The fourth-order valence-corrected chi connectivity index (χ4v) is 0.483. The zero-order chi connectivity index (χ0) is 7.02. The van der Waals surface area contributed by atoms with Crippen molar-refractivity contribution in [1.29, 1.82) is 0 Å². The molecule has 4 nitrogen and oxygen atoms in total. The van der Waals surface area contributed by atoms with Crippen molar-refractivity contribution in [3.63, 3.8) is 0 Å². The molecule has 1 aromatic rings. The van der Waals surface area contributed by atoms with Gasteiger partial charge in [-0.1, -0.05) is 0 Å². The van der Waals surface area contributed by atoms with Gasteiger partial charge >= 0.3 is 0 Å². The Hall–Kier alpha value is -1.45. The van der Waals surface area contributed by atoms with Gasteiger partial charge in [-0.2, -0.15) is 0 Å². The molecule has 1 rings (SSSR count). The van der Waals surface area contributed by atoms with Gasteiger partial charge in [-0.15, -0.1) is 0 Å². The van der Waals surface area contributed by atoms with Gasteiger partial charge in [0.15, 0.2) is 5.75 Å². The Morgan fingerprint density at radius 1 is 1.11 bits per heavy atom. The highest BCUT2D eigenvalue weighted by Crippen LogP contribution is 1.87. The summed E-state index contributed by atoms with van der Waals surface area (Å²) in [5.74, 6) is -0.759. The van der Waals surface area contributed by atoms with Crippen LogP contribution in [0.2, 0.25) is 0 Å². The Kier molecular flexibility index (Phi) is 0.955. The Morgan fingerprint density at radius 3 is 1.78 bits per heavy atom. The first-order chi connectivity index (χ1) is 4.13. The maximum Gasteiger partial charge on any atom is 0.276 e. The van der Waals surface area contributed by atoms with E-state index in [1.165, 1.54) is 0 Å². The summed E-state index contributed by atoms with van der Waals surface area (Å²) >= 11 is 0. The Morgan fingerprint density at radius 2 is 1.67 bits per heavy atom. The highest BCUT2D eigenvalue weighted by atomic mass is 16.3. The summed E-state index contributed by atoms with van der Waals surface area (Å²) in [4.78, 5) is 30.6. The Balaban J connectivity index is 3.90. The molecule has 9 heavy (non-hydrogen) atoms. The average molecular weight is 126 g/mol. The zero-order valence-corrected chi connectivity index (χ0v) is 4.25. The van der Waals surface area contributed by atoms with Crippen molar-refractivity contribution in [2.45, 2.75) is 0 Å². The van der Waals surface area contributed by atoms with Gasteiger partial charge in [0, 0.05) is 6.07 Å². The molecule has 0 aliphatic rings. The molecular weight excluding hydrogens is 124 g/mol. The lowest BCUT2D eigenvalue weighted by molar-refractivity contribution is 0.472. The minimum Gasteiger partial charge on any atom is -0.504 e. The summed E-state index contributed by atoms with van der Waals surface area (Å²) in [7, 11) is 0. The van der Waals surface area contributed by atoms with Crippen LogP contribution in [0.5, 0.6) is 5.75 Å². The lowest BCUT2D eigenvalue weighted by atomic mass is 10.6. The molecule has 0 spiro atoms. The van der Waals surface area contributed by atoms with Crippen LogP contribution in [0.1, 0.15) is 0 Å². The van der Waals surface area contributed by atoms with Crippen LogP contribution < -0.4 is 16.3 Å². The van der Waals surface area contributed by atoms with Crippen LogP contribution in [0.4, 0.5) is 0 Å². The molecular formula is C5H2O4. The molecule has 0 saturated carbocycles. The topological polar surface area (TPSA) is 71.4 Å². The summed E-state index contributed by atoms with van der Waals surface area (Å²) in [6.07, 6.45) is 0. The van der Waals surface area contributed by atoms with Gasteiger partial charge in [-0.3, -0.25) is 14.4 Å². The van der Waals surface area contributed by atoms with E-state index < -0.39 is 22.0 Å². The molecule has 0 bridgehead atoms. The number of rotatable bonds is 0. The van der Waals surface area contributed by atoms with Crippen LogP contribution in [0.15, 0.2) is 20.4 Å². The van der Waals surface area contributed by atoms with Gasteiger partial charge < -0.3 is 5.11 Å². The molecule has 0 heterocycles. The SMILES string of the molecule is O=c1cc(O)c(=O)c1=O. The van der Waals surface area contributed by atoms with Gasteiger partial charge in [-0.05, 0) is 0 Å². The van der Waals surface area contributed by atoms with Crippen molar-refractivity contribution in [3.05, 3.63) is 36.7 Å². The predicted octanol–water partition coefficient (Wildman–Crippen LogP) is -1.65. The summed E-state index contributed by atoms with van der Waals surface area (Å²) in [6.45, 7) is 0. The summed E-state index contributed by atoms with van der Waals surface area (Å²) in [5, 5.41) is 8.41.